The van der Waals surface area contributed by atoms with Crippen LogP contribution < -0.4 is 0 Å². The van der Waals surface area contributed by atoms with Crippen LogP contribution in [0.1, 0.15) is 107 Å². The monoisotopic (exact) mass is 408 g/mol. The average Bonchev–Trinajstić information content (AvgIpc) is 2.73. The van der Waals surface area contributed by atoms with E-state index in [4.69, 9.17) is 0 Å². The van der Waals surface area contributed by atoms with Crippen LogP contribution in [0, 0.1) is 0 Å². The van der Waals surface area contributed by atoms with E-state index in [2.05, 4.69) is 38.1 Å². The number of rotatable bonds is 8. The zero-order valence-corrected chi connectivity index (χ0v) is 19.1. The minimum Gasteiger partial charge on any atom is -0.508 e. The van der Waals surface area contributed by atoms with Gasteiger partial charge in [-0.05, 0) is 72.9 Å². The number of unbranched alkanes of at least 4 members (excludes halogenated alkanes) is 2. The van der Waals surface area contributed by atoms with Crippen LogP contribution in [-0.2, 0) is 18.3 Å². The molecule has 2 heteroatoms. The maximum absolute atomic E-state index is 10.5. The molecule has 0 saturated heterocycles. The highest BCUT2D eigenvalue weighted by Gasteiger charge is 2.35. The SMILES string of the molecule is CCCCc1cc(C2(c3ccc(O)c(CCCC)c3)CCCCCCC2)ccc1O. The molecule has 1 aliphatic carbocycles. The Morgan fingerprint density at radius 1 is 0.667 bits per heavy atom. The largest absolute Gasteiger partial charge is 0.508 e. The van der Waals surface area contributed by atoms with Crippen molar-refractivity contribution in [2.45, 2.75) is 103 Å². The van der Waals surface area contributed by atoms with Crippen LogP contribution >= 0.6 is 0 Å². The highest BCUT2D eigenvalue weighted by molar-refractivity contribution is 5.48. The highest BCUT2D eigenvalue weighted by Crippen LogP contribution is 2.45. The summed E-state index contributed by atoms with van der Waals surface area (Å²) in [5, 5.41) is 20.9. The van der Waals surface area contributed by atoms with Crippen molar-refractivity contribution in [3.05, 3.63) is 58.7 Å². The summed E-state index contributed by atoms with van der Waals surface area (Å²) in [5.74, 6) is 0.866. The normalized spacial score (nSPS) is 16.7. The molecule has 3 rings (SSSR count). The maximum atomic E-state index is 10.5. The topological polar surface area (TPSA) is 40.5 Å². The fourth-order valence-corrected chi connectivity index (χ4v) is 5.15. The molecule has 0 spiro atoms. The van der Waals surface area contributed by atoms with E-state index in [1.165, 1.54) is 43.2 Å². The Hall–Kier alpha value is -1.96. The van der Waals surface area contributed by atoms with E-state index in [0.717, 1.165) is 62.5 Å². The molecular weight excluding hydrogens is 368 g/mol. The first-order valence-electron chi connectivity index (χ1n) is 12.3. The number of phenols is 2. The summed E-state index contributed by atoms with van der Waals surface area (Å²) in [6.45, 7) is 4.40. The van der Waals surface area contributed by atoms with Crippen molar-refractivity contribution >= 4 is 0 Å². The van der Waals surface area contributed by atoms with Gasteiger partial charge >= 0.3 is 0 Å². The van der Waals surface area contributed by atoms with Crippen molar-refractivity contribution in [3.63, 3.8) is 0 Å². The van der Waals surface area contributed by atoms with E-state index in [-0.39, 0.29) is 5.41 Å². The summed E-state index contributed by atoms with van der Waals surface area (Å²) < 4.78 is 0. The Morgan fingerprint density at radius 2 is 1.10 bits per heavy atom. The molecule has 2 aromatic rings. The maximum Gasteiger partial charge on any atom is 0.118 e. The van der Waals surface area contributed by atoms with Gasteiger partial charge in [0.15, 0.2) is 0 Å². The molecule has 0 radical (unpaired) electrons. The van der Waals surface area contributed by atoms with Gasteiger partial charge in [-0.2, -0.15) is 0 Å². The van der Waals surface area contributed by atoms with Gasteiger partial charge in [0, 0.05) is 5.41 Å². The summed E-state index contributed by atoms with van der Waals surface area (Å²) in [6, 6.07) is 12.7. The molecule has 0 heterocycles. The van der Waals surface area contributed by atoms with Crippen molar-refractivity contribution in [1.29, 1.82) is 0 Å². The fraction of sp³-hybridized carbons (Fsp3) is 0.571. The first-order valence-corrected chi connectivity index (χ1v) is 12.3. The minimum absolute atomic E-state index is 0.0241. The van der Waals surface area contributed by atoms with Gasteiger partial charge in [-0.3, -0.25) is 0 Å². The molecule has 0 aromatic heterocycles. The lowest BCUT2D eigenvalue weighted by atomic mass is 9.66. The number of benzene rings is 2. The van der Waals surface area contributed by atoms with Gasteiger partial charge in [0.1, 0.15) is 11.5 Å². The van der Waals surface area contributed by atoms with E-state index in [1.807, 2.05) is 12.1 Å². The van der Waals surface area contributed by atoms with Crippen LogP contribution in [0.2, 0.25) is 0 Å². The van der Waals surface area contributed by atoms with Crippen LogP contribution in [0.4, 0.5) is 0 Å². The molecule has 0 amide bonds. The van der Waals surface area contributed by atoms with Crippen molar-refractivity contribution < 1.29 is 10.2 Å². The van der Waals surface area contributed by atoms with Crippen LogP contribution in [0.3, 0.4) is 0 Å². The Labute approximate surface area is 183 Å². The Morgan fingerprint density at radius 3 is 1.53 bits per heavy atom. The van der Waals surface area contributed by atoms with Crippen LogP contribution in [0.25, 0.3) is 0 Å². The second-order valence-corrected chi connectivity index (χ2v) is 9.24. The number of aryl methyl sites for hydroxylation is 2. The Kier molecular flexibility index (Phi) is 8.24. The lowest BCUT2D eigenvalue weighted by Crippen LogP contribution is -2.29. The lowest BCUT2D eigenvalue weighted by Gasteiger charge is -2.38. The first kappa shape index (κ1) is 22.7. The van der Waals surface area contributed by atoms with Gasteiger partial charge in [0.2, 0.25) is 0 Å². The quantitative estimate of drug-likeness (QED) is 0.467. The third kappa shape index (κ3) is 5.20. The standard InChI is InChI=1S/C28H40O2/c1-3-5-12-22-20-24(14-16-26(22)29)28(18-10-8-7-9-11-19-28)25-15-17-27(30)23(21-25)13-6-4-2/h14-17,20-21,29-30H,3-13,18-19H2,1-2H3. The smallest absolute Gasteiger partial charge is 0.118 e. The zero-order chi connectivity index (χ0) is 21.4. The summed E-state index contributed by atoms with van der Waals surface area (Å²) >= 11 is 0. The molecule has 164 valence electrons. The zero-order valence-electron chi connectivity index (χ0n) is 19.1. The molecule has 0 aliphatic heterocycles. The molecule has 2 nitrogen and oxygen atoms in total. The third-order valence-electron chi connectivity index (χ3n) is 7.07. The predicted molar refractivity (Wildman–Crippen MR) is 127 cm³/mol. The number of phenolic OH excluding ortho intramolecular Hbond substituents is 2. The lowest BCUT2D eigenvalue weighted by molar-refractivity contribution is 0.364. The highest BCUT2D eigenvalue weighted by atomic mass is 16.3. The van der Waals surface area contributed by atoms with Gasteiger partial charge < -0.3 is 10.2 Å². The van der Waals surface area contributed by atoms with Crippen LogP contribution in [0.5, 0.6) is 11.5 Å². The molecule has 0 unspecified atom stereocenters. The summed E-state index contributed by atoms with van der Waals surface area (Å²) in [7, 11) is 0. The molecular formula is C28H40O2. The summed E-state index contributed by atoms with van der Waals surface area (Å²) in [5.41, 5.74) is 4.84. The van der Waals surface area contributed by atoms with Gasteiger partial charge in [-0.25, -0.2) is 0 Å². The second-order valence-electron chi connectivity index (χ2n) is 9.24. The fourth-order valence-electron chi connectivity index (χ4n) is 5.15. The van der Waals surface area contributed by atoms with Crippen molar-refractivity contribution in [2.24, 2.45) is 0 Å². The van der Waals surface area contributed by atoms with Gasteiger partial charge in [-0.15, -0.1) is 0 Å². The molecule has 1 fully saturated rings. The average molecular weight is 409 g/mol. The van der Waals surface area contributed by atoms with E-state index in [0.29, 0.717) is 11.5 Å². The summed E-state index contributed by atoms with van der Waals surface area (Å²) in [6.07, 6.45) is 15.0. The minimum atomic E-state index is -0.0241. The molecule has 0 atom stereocenters. The third-order valence-corrected chi connectivity index (χ3v) is 7.07. The number of hydrogen-bond acceptors (Lipinski definition) is 2. The molecule has 2 N–H and O–H groups in total. The molecule has 2 aromatic carbocycles. The Bertz CT molecular complexity index is 741. The number of hydrogen-bond donors (Lipinski definition) is 2. The number of aromatic hydroxyl groups is 2. The van der Waals surface area contributed by atoms with Crippen molar-refractivity contribution in [1.82, 2.24) is 0 Å². The van der Waals surface area contributed by atoms with Crippen LogP contribution in [0.15, 0.2) is 36.4 Å². The summed E-state index contributed by atoms with van der Waals surface area (Å²) in [4.78, 5) is 0. The molecule has 0 bridgehead atoms. The van der Waals surface area contributed by atoms with Crippen molar-refractivity contribution in [2.75, 3.05) is 0 Å². The first-order chi connectivity index (χ1) is 14.6. The second kappa shape index (κ2) is 10.9. The van der Waals surface area contributed by atoms with Crippen molar-refractivity contribution in [3.8, 4) is 11.5 Å². The van der Waals surface area contributed by atoms with E-state index < -0.39 is 0 Å². The molecule has 1 aliphatic rings. The van der Waals surface area contributed by atoms with E-state index >= 15 is 0 Å². The van der Waals surface area contributed by atoms with E-state index in [9.17, 15) is 10.2 Å². The van der Waals surface area contributed by atoms with Crippen LogP contribution in [-0.4, -0.2) is 10.2 Å². The van der Waals surface area contributed by atoms with E-state index in [1.54, 1.807) is 0 Å². The Balaban J connectivity index is 2.08. The van der Waals surface area contributed by atoms with Gasteiger partial charge in [0.25, 0.3) is 0 Å². The van der Waals surface area contributed by atoms with Gasteiger partial charge in [0.05, 0.1) is 0 Å². The molecule has 1 saturated carbocycles. The predicted octanol–water partition coefficient (Wildman–Crippen LogP) is 7.81. The molecule has 30 heavy (non-hydrogen) atoms. The van der Waals surface area contributed by atoms with Gasteiger partial charge in [-0.1, -0.05) is 83.1 Å².